The number of aliphatic hydroxyl groups is 1. The van der Waals surface area contributed by atoms with Gasteiger partial charge in [0.25, 0.3) is 0 Å². The minimum atomic E-state index is 0.322. The zero-order valence-corrected chi connectivity index (χ0v) is 14.2. The van der Waals surface area contributed by atoms with Crippen LogP contribution in [0.15, 0.2) is 60.7 Å². The first-order valence-electron chi connectivity index (χ1n) is 8.15. The molecule has 2 rings (SSSR count). The summed E-state index contributed by atoms with van der Waals surface area (Å²) < 4.78 is 0. The minimum absolute atomic E-state index is 0.322. The van der Waals surface area contributed by atoms with Crippen molar-refractivity contribution in [1.29, 1.82) is 0 Å². The summed E-state index contributed by atoms with van der Waals surface area (Å²) in [7, 11) is 0. The second-order valence-electron chi connectivity index (χ2n) is 5.64. The summed E-state index contributed by atoms with van der Waals surface area (Å²) in [6.45, 7) is 4.83. The van der Waals surface area contributed by atoms with Crippen LogP contribution in [0, 0.1) is 5.92 Å². The molecule has 0 atom stereocenters. The van der Waals surface area contributed by atoms with E-state index in [0.717, 1.165) is 12.3 Å². The van der Waals surface area contributed by atoms with E-state index in [4.69, 9.17) is 15.3 Å². The standard InChI is InChI=1S/C8H18O.2C6H6O/c1-8(2)6-4-3-5-7-9;2*7-6-4-2-1-3-5-6/h8-9H,3-7H2,1-2H3;2*1-5,7H. The Morgan fingerprint density at radius 1 is 0.696 bits per heavy atom. The molecule has 0 aliphatic heterocycles. The molecule has 0 aromatic heterocycles. The van der Waals surface area contributed by atoms with Gasteiger partial charge < -0.3 is 15.3 Å². The van der Waals surface area contributed by atoms with Crippen LogP contribution in [0.3, 0.4) is 0 Å². The summed E-state index contributed by atoms with van der Waals surface area (Å²) in [6, 6.07) is 17.4. The summed E-state index contributed by atoms with van der Waals surface area (Å²) in [6.07, 6.45) is 4.75. The van der Waals surface area contributed by atoms with E-state index < -0.39 is 0 Å². The second-order valence-corrected chi connectivity index (χ2v) is 5.64. The molecule has 3 N–H and O–H groups in total. The number of benzene rings is 2. The molecule has 0 bridgehead atoms. The first-order valence-corrected chi connectivity index (χ1v) is 8.15. The van der Waals surface area contributed by atoms with E-state index in [1.54, 1.807) is 48.5 Å². The molecular formula is C20H30O3. The van der Waals surface area contributed by atoms with Crippen molar-refractivity contribution in [3.8, 4) is 11.5 Å². The lowest BCUT2D eigenvalue weighted by Gasteiger charge is -2.01. The average Bonchev–Trinajstić information content (AvgIpc) is 2.54. The highest BCUT2D eigenvalue weighted by molar-refractivity contribution is 5.19. The van der Waals surface area contributed by atoms with Crippen LogP contribution in [0.1, 0.15) is 39.5 Å². The third kappa shape index (κ3) is 16.2. The van der Waals surface area contributed by atoms with Gasteiger partial charge in [0.05, 0.1) is 0 Å². The lowest BCUT2D eigenvalue weighted by atomic mass is 10.1. The topological polar surface area (TPSA) is 60.7 Å². The fraction of sp³-hybridized carbons (Fsp3) is 0.400. The number of hydrogen-bond donors (Lipinski definition) is 3. The van der Waals surface area contributed by atoms with Gasteiger partial charge in [0.15, 0.2) is 0 Å². The number of rotatable bonds is 5. The molecule has 3 heteroatoms. The van der Waals surface area contributed by atoms with Gasteiger partial charge in [-0.1, -0.05) is 69.5 Å². The molecule has 0 aliphatic carbocycles. The molecule has 0 heterocycles. The third-order valence-electron chi connectivity index (χ3n) is 2.95. The molecule has 23 heavy (non-hydrogen) atoms. The predicted octanol–water partition coefficient (Wildman–Crippen LogP) is 4.98. The van der Waals surface area contributed by atoms with Gasteiger partial charge in [-0.2, -0.15) is 0 Å². The molecule has 0 radical (unpaired) electrons. The Kier molecular flexibility index (Phi) is 13.6. The molecular weight excluding hydrogens is 288 g/mol. The Bertz CT molecular complexity index is 417. The zero-order chi connectivity index (χ0) is 17.3. The summed E-state index contributed by atoms with van der Waals surface area (Å²) in [5, 5.41) is 25.7. The molecule has 0 amide bonds. The van der Waals surface area contributed by atoms with Crippen molar-refractivity contribution in [1.82, 2.24) is 0 Å². The molecule has 128 valence electrons. The Labute approximate surface area is 140 Å². The van der Waals surface area contributed by atoms with Crippen LogP contribution < -0.4 is 0 Å². The van der Waals surface area contributed by atoms with Crippen molar-refractivity contribution in [2.24, 2.45) is 5.92 Å². The van der Waals surface area contributed by atoms with Gasteiger partial charge in [0.1, 0.15) is 11.5 Å². The average molecular weight is 318 g/mol. The lowest BCUT2D eigenvalue weighted by Crippen LogP contribution is -1.88. The minimum Gasteiger partial charge on any atom is -0.508 e. The van der Waals surface area contributed by atoms with Crippen molar-refractivity contribution in [3.05, 3.63) is 60.7 Å². The number of phenolic OH excluding ortho intramolecular Hbond substituents is 2. The molecule has 0 aliphatic rings. The van der Waals surface area contributed by atoms with E-state index in [1.807, 2.05) is 12.1 Å². The molecule has 0 spiro atoms. The van der Waals surface area contributed by atoms with E-state index >= 15 is 0 Å². The summed E-state index contributed by atoms with van der Waals surface area (Å²) in [5.41, 5.74) is 0. The molecule has 0 saturated heterocycles. The fourth-order valence-electron chi connectivity index (χ4n) is 1.70. The van der Waals surface area contributed by atoms with Gasteiger partial charge in [0, 0.05) is 6.61 Å². The van der Waals surface area contributed by atoms with Crippen LogP contribution in [0.2, 0.25) is 0 Å². The lowest BCUT2D eigenvalue weighted by molar-refractivity contribution is 0.281. The molecule has 2 aromatic rings. The van der Waals surface area contributed by atoms with E-state index in [-0.39, 0.29) is 0 Å². The molecule has 3 nitrogen and oxygen atoms in total. The highest BCUT2D eigenvalue weighted by Gasteiger charge is 1.92. The monoisotopic (exact) mass is 318 g/mol. The summed E-state index contributed by atoms with van der Waals surface area (Å²) in [5.74, 6) is 1.47. The maximum Gasteiger partial charge on any atom is 0.115 e. The molecule has 0 fully saturated rings. The first-order chi connectivity index (χ1) is 11.1. The van der Waals surface area contributed by atoms with Gasteiger partial charge in [-0.15, -0.1) is 0 Å². The van der Waals surface area contributed by atoms with Crippen molar-refractivity contribution in [2.75, 3.05) is 6.61 Å². The summed E-state index contributed by atoms with van der Waals surface area (Å²) in [4.78, 5) is 0. The Hall–Kier alpha value is -2.00. The van der Waals surface area contributed by atoms with Crippen molar-refractivity contribution >= 4 is 0 Å². The molecule has 2 aromatic carbocycles. The maximum atomic E-state index is 8.63. The highest BCUT2D eigenvalue weighted by atomic mass is 16.3. The van der Waals surface area contributed by atoms with Gasteiger partial charge in [-0.3, -0.25) is 0 Å². The zero-order valence-electron chi connectivity index (χ0n) is 14.2. The Morgan fingerprint density at radius 3 is 1.39 bits per heavy atom. The predicted molar refractivity (Wildman–Crippen MR) is 96.6 cm³/mol. The normalized spacial score (nSPS) is 9.39. The number of hydrogen-bond acceptors (Lipinski definition) is 3. The fourth-order valence-corrected chi connectivity index (χ4v) is 1.70. The van der Waals surface area contributed by atoms with Crippen LogP contribution in [0.5, 0.6) is 11.5 Å². The second kappa shape index (κ2) is 14.9. The molecule has 0 saturated carbocycles. The van der Waals surface area contributed by atoms with Gasteiger partial charge >= 0.3 is 0 Å². The smallest absolute Gasteiger partial charge is 0.115 e. The first kappa shape index (κ1) is 21.0. The van der Waals surface area contributed by atoms with Gasteiger partial charge in [0.2, 0.25) is 0 Å². The Balaban J connectivity index is 0.000000318. The van der Waals surface area contributed by atoms with Crippen molar-refractivity contribution in [2.45, 2.75) is 39.5 Å². The maximum absolute atomic E-state index is 8.63. The summed E-state index contributed by atoms with van der Waals surface area (Å²) >= 11 is 0. The van der Waals surface area contributed by atoms with Gasteiger partial charge in [-0.05, 0) is 36.6 Å². The third-order valence-corrected chi connectivity index (χ3v) is 2.95. The van der Waals surface area contributed by atoms with Crippen LogP contribution in [0.4, 0.5) is 0 Å². The van der Waals surface area contributed by atoms with E-state index in [0.29, 0.717) is 18.1 Å². The number of phenols is 2. The number of para-hydroxylation sites is 2. The molecule has 0 unspecified atom stereocenters. The van der Waals surface area contributed by atoms with Crippen LogP contribution in [0.25, 0.3) is 0 Å². The van der Waals surface area contributed by atoms with Gasteiger partial charge in [-0.25, -0.2) is 0 Å². The van der Waals surface area contributed by atoms with E-state index in [1.165, 1.54) is 19.3 Å². The van der Waals surface area contributed by atoms with Crippen molar-refractivity contribution in [3.63, 3.8) is 0 Å². The SMILES string of the molecule is CC(C)CCCCCO.Oc1ccccc1.Oc1ccccc1. The highest BCUT2D eigenvalue weighted by Crippen LogP contribution is 2.07. The van der Waals surface area contributed by atoms with E-state index in [9.17, 15) is 0 Å². The largest absolute Gasteiger partial charge is 0.508 e. The van der Waals surface area contributed by atoms with Crippen LogP contribution in [-0.2, 0) is 0 Å². The van der Waals surface area contributed by atoms with Crippen LogP contribution >= 0.6 is 0 Å². The van der Waals surface area contributed by atoms with Crippen molar-refractivity contribution < 1.29 is 15.3 Å². The van der Waals surface area contributed by atoms with E-state index in [2.05, 4.69) is 13.8 Å². The number of aliphatic hydroxyl groups excluding tert-OH is 1. The number of aromatic hydroxyl groups is 2. The number of unbranched alkanes of at least 4 members (excludes halogenated alkanes) is 2. The Morgan fingerprint density at radius 2 is 1.13 bits per heavy atom. The van der Waals surface area contributed by atoms with Crippen LogP contribution in [-0.4, -0.2) is 21.9 Å². The quantitative estimate of drug-likeness (QED) is 0.681.